The minimum absolute atomic E-state index is 0.175. The zero-order valence-electron chi connectivity index (χ0n) is 16.7. The summed E-state index contributed by atoms with van der Waals surface area (Å²) < 4.78 is 2.01. The van der Waals surface area contributed by atoms with E-state index in [-0.39, 0.29) is 17.9 Å². The quantitative estimate of drug-likeness (QED) is 0.430. The minimum Gasteiger partial charge on any atom is -0.350 e. The molecule has 1 aromatic heterocycles. The molecule has 8 heteroatoms. The zero-order chi connectivity index (χ0) is 21.5. The van der Waals surface area contributed by atoms with Crippen molar-refractivity contribution in [2.45, 2.75) is 38.3 Å². The van der Waals surface area contributed by atoms with Gasteiger partial charge in [0.25, 0.3) is 0 Å². The number of amides is 2. The maximum Gasteiger partial charge on any atom is 0.243 e. The molecule has 0 aliphatic carbocycles. The Morgan fingerprint density at radius 3 is 2.60 bits per heavy atom. The van der Waals surface area contributed by atoms with Crippen molar-refractivity contribution in [3.05, 3.63) is 63.6 Å². The van der Waals surface area contributed by atoms with Crippen LogP contribution in [0.4, 0.5) is 0 Å². The fraction of sp³-hybridized carbons (Fsp3) is 0.318. The summed E-state index contributed by atoms with van der Waals surface area (Å²) in [6, 6.07) is 14.8. The molecule has 4 N–H and O–H groups in total. The third kappa shape index (κ3) is 6.10. The van der Waals surface area contributed by atoms with Crippen molar-refractivity contribution in [1.29, 1.82) is 0 Å². The summed E-state index contributed by atoms with van der Waals surface area (Å²) in [6.45, 7) is 2.07. The molecular formula is C22H25BrN4O2S. The highest BCUT2D eigenvalue weighted by Crippen LogP contribution is 2.26. The van der Waals surface area contributed by atoms with Gasteiger partial charge in [-0.05, 0) is 30.2 Å². The van der Waals surface area contributed by atoms with Gasteiger partial charge in [0.2, 0.25) is 11.8 Å². The molecule has 0 bridgehead atoms. The second-order valence-corrected chi connectivity index (χ2v) is 9.06. The van der Waals surface area contributed by atoms with E-state index in [1.165, 1.54) is 11.3 Å². The molecule has 6 nitrogen and oxygen atoms in total. The predicted molar refractivity (Wildman–Crippen MR) is 124 cm³/mol. The summed E-state index contributed by atoms with van der Waals surface area (Å²) in [7, 11) is 0. The monoisotopic (exact) mass is 488 g/mol. The molecule has 0 radical (unpaired) electrons. The minimum atomic E-state index is -0.703. The Balaban J connectivity index is 1.73. The van der Waals surface area contributed by atoms with Crippen LogP contribution in [0.3, 0.4) is 0 Å². The van der Waals surface area contributed by atoms with Gasteiger partial charge in [-0.1, -0.05) is 53.2 Å². The van der Waals surface area contributed by atoms with Crippen molar-refractivity contribution in [1.82, 2.24) is 15.6 Å². The molecule has 1 heterocycles. The van der Waals surface area contributed by atoms with Gasteiger partial charge in [-0.3, -0.25) is 9.59 Å². The number of nitrogens with one attached hydrogen (secondary N) is 2. The summed E-state index contributed by atoms with van der Waals surface area (Å²) in [5, 5.41) is 6.63. The molecule has 3 aromatic rings. The van der Waals surface area contributed by atoms with Gasteiger partial charge in [0.15, 0.2) is 0 Å². The molecule has 0 saturated heterocycles. The highest BCUT2D eigenvalue weighted by Gasteiger charge is 2.24. The Kier molecular flexibility index (Phi) is 7.95. The van der Waals surface area contributed by atoms with Gasteiger partial charge in [-0.25, -0.2) is 4.98 Å². The van der Waals surface area contributed by atoms with Gasteiger partial charge in [0, 0.05) is 29.9 Å². The first-order valence-electron chi connectivity index (χ1n) is 9.87. The number of rotatable bonds is 9. The highest BCUT2D eigenvalue weighted by atomic mass is 79.9. The second-order valence-electron chi connectivity index (χ2n) is 7.03. The van der Waals surface area contributed by atoms with Crippen molar-refractivity contribution in [2.75, 3.05) is 6.54 Å². The maximum absolute atomic E-state index is 13.0. The molecule has 0 saturated carbocycles. The zero-order valence-corrected chi connectivity index (χ0v) is 19.1. The standard InChI is InChI=1S/C22H25BrN4O2S/c1-2-20(28)26-18(12-21-27-17-9-8-15(23)11-19(17)30-21)22(29)25-16(13-24)10-14-6-4-3-5-7-14/h3-9,11,16,18H,2,10,12-13,24H2,1H3,(H,25,29)(H,26,28)/t16-,18-/m0/s1. The number of hydrogen-bond acceptors (Lipinski definition) is 5. The highest BCUT2D eigenvalue weighted by molar-refractivity contribution is 9.10. The van der Waals surface area contributed by atoms with Gasteiger partial charge >= 0.3 is 0 Å². The number of benzene rings is 2. The smallest absolute Gasteiger partial charge is 0.243 e. The number of nitrogens with zero attached hydrogens (tertiary/aromatic N) is 1. The number of hydrogen-bond donors (Lipinski definition) is 3. The van der Waals surface area contributed by atoms with Crippen LogP contribution in [0.15, 0.2) is 53.0 Å². The lowest BCUT2D eigenvalue weighted by molar-refractivity contribution is -0.129. The molecule has 0 spiro atoms. The average Bonchev–Trinajstić information content (AvgIpc) is 3.14. The number of aromatic nitrogens is 1. The van der Waals surface area contributed by atoms with Crippen molar-refractivity contribution < 1.29 is 9.59 Å². The van der Waals surface area contributed by atoms with E-state index >= 15 is 0 Å². The summed E-state index contributed by atoms with van der Waals surface area (Å²) in [5.41, 5.74) is 7.87. The van der Waals surface area contributed by atoms with E-state index in [9.17, 15) is 9.59 Å². The molecule has 30 heavy (non-hydrogen) atoms. The van der Waals surface area contributed by atoms with Crippen LogP contribution in [-0.4, -0.2) is 35.4 Å². The number of carbonyl (C=O) groups excluding carboxylic acids is 2. The van der Waals surface area contributed by atoms with Crippen LogP contribution in [0.2, 0.25) is 0 Å². The largest absolute Gasteiger partial charge is 0.350 e. The lowest BCUT2D eigenvalue weighted by atomic mass is 10.1. The van der Waals surface area contributed by atoms with Gasteiger partial charge in [0.1, 0.15) is 6.04 Å². The van der Waals surface area contributed by atoms with Gasteiger partial charge in [-0.2, -0.15) is 0 Å². The first-order valence-corrected chi connectivity index (χ1v) is 11.5. The van der Waals surface area contributed by atoms with E-state index in [4.69, 9.17) is 5.73 Å². The Bertz CT molecular complexity index is 1010. The fourth-order valence-electron chi connectivity index (χ4n) is 3.11. The molecule has 2 atom stereocenters. The third-order valence-corrected chi connectivity index (χ3v) is 6.24. The van der Waals surface area contributed by atoms with Crippen LogP contribution in [0.25, 0.3) is 10.2 Å². The molecule has 2 amide bonds. The van der Waals surface area contributed by atoms with Crippen molar-refractivity contribution in [3.8, 4) is 0 Å². The van der Waals surface area contributed by atoms with Crippen LogP contribution in [0, 0.1) is 0 Å². The summed E-state index contributed by atoms with van der Waals surface area (Å²) in [4.78, 5) is 29.7. The van der Waals surface area contributed by atoms with E-state index in [0.29, 0.717) is 25.8 Å². The van der Waals surface area contributed by atoms with Crippen molar-refractivity contribution in [2.24, 2.45) is 5.73 Å². The normalized spacial score (nSPS) is 13.0. The number of carbonyl (C=O) groups is 2. The predicted octanol–water partition coefficient (Wildman–Crippen LogP) is 3.18. The number of nitrogens with two attached hydrogens (primary N) is 1. The Labute approximate surface area is 188 Å². The molecule has 3 rings (SSSR count). The van der Waals surface area contributed by atoms with Crippen LogP contribution >= 0.6 is 27.3 Å². The van der Waals surface area contributed by atoms with E-state index in [1.54, 1.807) is 6.92 Å². The molecule has 0 unspecified atom stereocenters. The van der Waals surface area contributed by atoms with Crippen molar-refractivity contribution >= 4 is 49.3 Å². The summed E-state index contributed by atoms with van der Waals surface area (Å²) >= 11 is 4.99. The first-order chi connectivity index (χ1) is 14.5. The lowest BCUT2D eigenvalue weighted by Crippen LogP contribution is -2.52. The van der Waals surface area contributed by atoms with E-state index in [1.807, 2.05) is 48.5 Å². The molecule has 0 fully saturated rings. The average molecular weight is 489 g/mol. The topological polar surface area (TPSA) is 97.1 Å². The summed E-state index contributed by atoms with van der Waals surface area (Å²) in [6.07, 6.45) is 1.27. The fourth-order valence-corrected chi connectivity index (χ4v) is 4.67. The molecular weight excluding hydrogens is 464 g/mol. The van der Waals surface area contributed by atoms with Crippen LogP contribution < -0.4 is 16.4 Å². The van der Waals surface area contributed by atoms with Gasteiger partial charge in [0.05, 0.1) is 15.2 Å². The van der Waals surface area contributed by atoms with E-state index in [0.717, 1.165) is 25.3 Å². The molecule has 2 aromatic carbocycles. The van der Waals surface area contributed by atoms with Crippen LogP contribution in [0.1, 0.15) is 23.9 Å². The van der Waals surface area contributed by atoms with Crippen LogP contribution in [-0.2, 0) is 22.4 Å². The van der Waals surface area contributed by atoms with Crippen LogP contribution in [0.5, 0.6) is 0 Å². The maximum atomic E-state index is 13.0. The van der Waals surface area contributed by atoms with Crippen molar-refractivity contribution in [3.63, 3.8) is 0 Å². The first kappa shape index (κ1) is 22.4. The lowest BCUT2D eigenvalue weighted by Gasteiger charge is -2.22. The molecule has 0 aliphatic rings. The third-order valence-electron chi connectivity index (χ3n) is 4.70. The SMILES string of the molecule is CCC(=O)N[C@@H](Cc1nc2ccc(Br)cc2s1)C(=O)N[C@H](CN)Cc1ccccc1. The van der Waals surface area contributed by atoms with E-state index in [2.05, 4.69) is 31.5 Å². The second kappa shape index (κ2) is 10.7. The Morgan fingerprint density at radius 1 is 1.13 bits per heavy atom. The number of halogens is 1. The van der Waals surface area contributed by atoms with Gasteiger partial charge < -0.3 is 16.4 Å². The number of fused-ring (bicyclic) bond motifs is 1. The Hall–Kier alpha value is -2.29. The molecule has 0 aliphatic heterocycles. The number of thiazole rings is 1. The Morgan fingerprint density at radius 2 is 1.90 bits per heavy atom. The summed E-state index contributed by atoms with van der Waals surface area (Å²) in [5.74, 6) is -0.421. The van der Waals surface area contributed by atoms with E-state index < -0.39 is 6.04 Å². The molecule has 158 valence electrons. The van der Waals surface area contributed by atoms with Gasteiger partial charge in [-0.15, -0.1) is 11.3 Å².